The Labute approximate surface area is 116 Å². The highest BCUT2D eigenvalue weighted by Crippen LogP contribution is 2.23. The van der Waals surface area contributed by atoms with Gasteiger partial charge >= 0.3 is 6.18 Å². The van der Waals surface area contributed by atoms with Gasteiger partial charge < -0.3 is 0 Å². The van der Waals surface area contributed by atoms with Crippen LogP contribution in [-0.4, -0.2) is 22.5 Å². The summed E-state index contributed by atoms with van der Waals surface area (Å²) in [6.07, 6.45) is 0.262. The maximum Gasteiger partial charge on any atom is 0.389 e. The first-order chi connectivity index (χ1) is 7.92. The summed E-state index contributed by atoms with van der Waals surface area (Å²) in [6.45, 7) is 0. The van der Waals surface area contributed by atoms with Gasteiger partial charge in [0.1, 0.15) is 4.84 Å². The first kappa shape index (κ1) is 17.7. The smallest absolute Gasteiger partial charge is 0.171 e. The Bertz CT molecular complexity index is 175. The average molecular weight is 311 g/mol. The molecule has 0 atom stereocenters. The SMILES string of the molecule is FC(F)(F)CCCCSCCCCCC(Cl)Cl. The first-order valence-corrected chi connectivity index (χ1v) is 7.87. The number of thioether (sulfide) groups is 1. The third-order valence-corrected chi connectivity index (χ3v) is 3.80. The number of halogens is 5. The van der Waals surface area contributed by atoms with Crippen molar-refractivity contribution in [3.63, 3.8) is 0 Å². The highest BCUT2D eigenvalue weighted by Gasteiger charge is 2.25. The predicted octanol–water partition coefficient (Wildman–Crippen LogP) is 5.82. The summed E-state index contributed by atoms with van der Waals surface area (Å²) in [5.74, 6) is 1.84. The quantitative estimate of drug-likeness (QED) is 0.362. The highest BCUT2D eigenvalue weighted by atomic mass is 35.5. The monoisotopic (exact) mass is 310 g/mol. The van der Waals surface area contributed by atoms with E-state index >= 15 is 0 Å². The number of hydrogen-bond acceptors (Lipinski definition) is 1. The molecule has 0 amide bonds. The average Bonchev–Trinajstić information content (AvgIpc) is 2.18. The minimum absolute atomic E-state index is 0.247. The number of alkyl halides is 5. The number of rotatable bonds is 10. The Morgan fingerprint density at radius 3 is 2.00 bits per heavy atom. The van der Waals surface area contributed by atoms with Crippen LogP contribution < -0.4 is 0 Å². The Kier molecular flexibility index (Phi) is 11.1. The van der Waals surface area contributed by atoms with Gasteiger partial charge in [-0.25, -0.2) is 0 Å². The summed E-state index contributed by atoms with van der Waals surface area (Å²) >= 11 is 12.9. The molecule has 0 aromatic rings. The lowest BCUT2D eigenvalue weighted by Gasteiger charge is -2.05. The minimum atomic E-state index is -4.00. The van der Waals surface area contributed by atoms with E-state index < -0.39 is 12.6 Å². The van der Waals surface area contributed by atoms with Crippen LogP contribution >= 0.6 is 35.0 Å². The highest BCUT2D eigenvalue weighted by molar-refractivity contribution is 7.99. The van der Waals surface area contributed by atoms with Gasteiger partial charge in [0.15, 0.2) is 0 Å². The maximum absolute atomic E-state index is 11.8. The number of unbranched alkanes of at least 4 members (excludes halogenated alkanes) is 3. The molecular weight excluding hydrogens is 292 g/mol. The van der Waals surface area contributed by atoms with Gasteiger partial charge in [-0.3, -0.25) is 0 Å². The van der Waals surface area contributed by atoms with Gasteiger partial charge in [0.05, 0.1) is 0 Å². The van der Waals surface area contributed by atoms with Crippen molar-refractivity contribution in [3.05, 3.63) is 0 Å². The fraction of sp³-hybridized carbons (Fsp3) is 1.00. The summed E-state index contributed by atoms with van der Waals surface area (Å²) < 4.78 is 35.4. The Balaban J connectivity index is 3.04. The van der Waals surface area contributed by atoms with Gasteiger partial charge in [-0.1, -0.05) is 12.8 Å². The molecule has 0 aliphatic carbocycles. The second-order valence-electron chi connectivity index (χ2n) is 3.93. The van der Waals surface area contributed by atoms with E-state index in [0.29, 0.717) is 6.42 Å². The van der Waals surface area contributed by atoms with Crippen LogP contribution in [0.1, 0.15) is 44.9 Å². The van der Waals surface area contributed by atoms with Crippen molar-refractivity contribution in [1.82, 2.24) is 0 Å². The zero-order valence-corrected chi connectivity index (χ0v) is 12.1. The van der Waals surface area contributed by atoms with Crippen LogP contribution in [0.2, 0.25) is 0 Å². The van der Waals surface area contributed by atoms with E-state index in [1.165, 1.54) is 0 Å². The van der Waals surface area contributed by atoms with Crippen LogP contribution in [0.25, 0.3) is 0 Å². The van der Waals surface area contributed by atoms with Crippen molar-refractivity contribution in [1.29, 1.82) is 0 Å². The van der Waals surface area contributed by atoms with E-state index in [1.807, 2.05) is 0 Å². The van der Waals surface area contributed by atoms with E-state index in [9.17, 15) is 13.2 Å². The third kappa shape index (κ3) is 16.7. The Morgan fingerprint density at radius 1 is 0.882 bits per heavy atom. The van der Waals surface area contributed by atoms with Crippen LogP contribution in [0.5, 0.6) is 0 Å². The molecule has 0 fully saturated rings. The molecule has 0 saturated heterocycles. The fourth-order valence-electron chi connectivity index (χ4n) is 1.31. The minimum Gasteiger partial charge on any atom is -0.171 e. The van der Waals surface area contributed by atoms with Crippen molar-refractivity contribution >= 4 is 35.0 Å². The molecule has 0 unspecified atom stereocenters. The molecule has 0 aromatic heterocycles. The molecule has 17 heavy (non-hydrogen) atoms. The van der Waals surface area contributed by atoms with E-state index in [2.05, 4.69) is 0 Å². The van der Waals surface area contributed by atoms with E-state index in [4.69, 9.17) is 23.2 Å². The second kappa shape index (κ2) is 10.6. The molecule has 0 nitrogen and oxygen atoms in total. The van der Waals surface area contributed by atoms with Gasteiger partial charge in [0, 0.05) is 6.42 Å². The zero-order valence-electron chi connectivity index (χ0n) is 9.74. The molecule has 0 bridgehead atoms. The van der Waals surface area contributed by atoms with Crippen molar-refractivity contribution in [2.45, 2.75) is 56.0 Å². The largest absolute Gasteiger partial charge is 0.389 e. The summed E-state index contributed by atoms with van der Waals surface area (Å²) in [7, 11) is 0. The topological polar surface area (TPSA) is 0 Å². The van der Waals surface area contributed by atoms with Crippen molar-refractivity contribution in [2.24, 2.45) is 0 Å². The molecule has 6 heteroatoms. The number of hydrogen-bond donors (Lipinski definition) is 0. The third-order valence-electron chi connectivity index (χ3n) is 2.21. The van der Waals surface area contributed by atoms with Crippen molar-refractivity contribution in [2.75, 3.05) is 11.5 Å². The van der Waals surface area contributed by atoms with Crippen molar-refractivity contribution in [3.8, 4) is 0 Å². The summed E-state index contributed by atoms with van der Waals surface area (Å²) in [5, 5.41) is 0. The molecule has 0 radical (unpaired) electrons. The standard InChI is InChI=1S/C11H19Cl2F3S/c12-10(13)6-2-1-4-8-17-9-5-3-7-11(14,15)16/h10H,1-9H2. The lowest BCUT2D eigenvalue weighted by Crippen LogP contribution is -2.06. The van der Waals surface area contributed by atoms with Crippen LogP contribution in [0.3, 0.4) is 0 Å². The summed E-state index contributed by atoms with van der Waals surface area (Å²) in [5.41, 5.74) is 0. The second-order valence-corrected chi connectivity index (χ2v) is 6.43. The molecule has 0 N–H and O–H groups in total. The Hall–Kier alpha value is 0.720. The summed E-state index contributed by atoms with van der Waals surface area (Å²) in [4.78, 5) is -0.273. The molecule has 104 valence electrons. The molecule has 0 rings (SSSR count). The maximum atomic E-state index is 11.8. The van der Waals surface area contributed by atoms with Crippen LogP contribution in [-0.2, 0) is 0 Å². The molecule has 0 saturated carbocycles. The predicted molar refractivity (Wildman–Crippen MR) is 71.2 cm³/mol. The van der Waals surface area contributed by atoms with Gasteiger partial charge in [-0.2, -0.15) is 24.9 Å². The lowest BCUT2D eigenvalue weighted by atomic mass is 10.2. The van der Waals surface area contributed by atoms with Crippen LogP contribution in [0, 0.1) is 0 Å². The van der Waals surface area contributed by atoms with Gasteiger partial charge in [0.25, 0.3) is 0 Å². The van der Waals surface area contributed by atoms with Crippen molar-refractivity contribution < 1.29 is 13.2 Å². The normalized spacial score (nSPS) is 12.4. The molecule has 0 spiro atoms. The fourth-order valence-corrected chi connectivity index (χ4v) is 2.64. The lowest BCUT2D eigenvalue weighted by molar-refractivity contribution is -0.135. The van der Waals surface area contributed by atoms with E-state index in [0.717, 1.165) is 37.2 Å². The molecular formula is C11H19Cl2F3S. The molecule has 0 heterocycles. The molecule has 0 aliphatic rings. The van der Waals surface area contributed by atoms with E-state index in [-0.39, 0.29) is 11.3 Å². The Morgan fingerprint density at radius 2 is 1.47 bits per heavy atom. The first-order valence-electron chi connectivity index (χ1n) is 5.84. The van der Waals surface area contributed by atoms with Crippen LogP contribution in [0.4, 0.5) is 13.2 Å². The zero-order chi connectivity index (χ0) is 13.1. The summed E-state index contributed by atoms with van der Waals surface area (Å²) in [6, 6.07) is 0. The van der Waals surface area contributed by atoms with E-state index in [1.54, 1.807) is 11.8 Å². The van der Waals surface area contributed by atoms with Gasteiger partial charge in [0.2, 0.25) is 0 Å². The molecule has 0 aromatic carbocycles. The van der Waals surface area contributed by atoms with Crippen LogP contribution in [0.15, 0.2) is 0 Å². The van der Waals surface area contributed by atoms with Gasteiger partial charge in [-0.15, -0.1) is 23.2 Å². The molecule has 0 aliphatic heterocycles. The van der Waals surface area contributed by atoms with Gasteiger partial charge in [-0.05, 0) is 37.2 Å².